The SMILES string of the molecule is CCCCCCCCCCCCCCCCCCSCCCNC(=O)c1cc2ccccc2cc1O. The molecular weight excluding hydrogens is 462 g/mol. The lowest BCUT2D eigenvalue weighted by atomic mass is 10.0. The van der Waals surface area contributed by atoms with Crippen molar-refractivity contribution in [3.05, 3.63) is 42.0 Å². The van der Waals surface area contributed by atoms with Gasteiger partial charge in [0.2, 0.25) is 0 Å². The molecule has 0 radical (unpaired) electrons. The highest BCUT2D eigenvalue weighted by Gasteiger charge is 2.11. The molecule has 0 bridgehead atoms. The van der Waals surface area contributed by atoms with Crippen molar-refractivity contribution in [3.8, 4) is 5.75 Å². The molecule has 0 aromatic heterocycles. The van der Waals surface area contributed by atoms with Crippen LogP contribution < -0.4 is 5.32 Å². The van der Waals surface area contributed by atoms with Crippen LogP contribution in [-0.2, 0) is 0 Å². The Kier molecular flexibility index (Phi) is 17.3. The average molecular weight is 514 g/mol. The molecule has 1 amide bonds. The normalized spacial score (nSPS) is 11.2. The third-order valence-electron chi connectivity index (χ3n) is 7.00. The van der Waals surface area contributed by atoms with E-state index in [-0.39, 0.29) is 11.7 Å². The van der Waals surface area contributed by atoms with Gasteiger partial charge in [-0.15, -0.1) is 0 Å². The Balaban J connectivity index is 1.33. The fraction of sp³-hybridized carbons (Fsp3) is 0.656. The molecule has 0 fully saturated rings. The molecule has 2 aromatic carbocycles. The van der Waals surface area contributed by atoms with Crippen molar-refractivity contribution in [2.24, 2.45) is 0 Å². The zero-order chi connectivity index (χ0) is 25.7. The highest BCUT2D eigenvalue weighted by Crippen LogP contribution is 2.25. The number of rotatable bonds is 22. The number of nitrogens with one attached hydrogen (secondary N) is 1. The number of unbranched alkanes of at least 4 members (excludes halogenated alkanes) is 15. The van der Waals surface area contributed by atoms with Crippen LogP contribution in [-0.4, -0.2) is 29.1 Å². The molecule has 202 valence electrons. The number of hydrogen-bond donors (Lipinski definition) is 2. The highest BCUT2D eigenvalue weighted by atomic mass is 32.2. The summed E-state index contributed by atoms with van der Waals surface area (Å²) in [4.78, 5) is 12.4. The predicted octanol–water partition coefficient (Wildman–Crippen LogP) is 9.66. The molecule has 0 spiro atoms. The van der Waals surface area contributed by atoms with E-state index in [0.717, 1.165) is 22.9 Å². The lowest BCUT2D eigenvalue weighted by Gasteiger charge is -2.08. The Morgan fingerprint density at radius 3 is 1.72 bits per heavy atom. The fourth-order valence-electron chi connectivity index (χ4n) is 4.74. The topological polar surface area (TPSA) is 49.3 Å². The van der Waals surface area contributed by atoms with Crippen LogP contribution in [0.25, 0.3) is 10.8 Å². The zero-order valence-electron chi connectivity index (χ0n) is 22.9. The van der Waals surface area contributed by atoms with Crippen LogP contribution in [0.15, 0.2) is 36.4 Å². The molecular formula is C32H51NO2S. The number of benzene rings is 2. The minimum absolute atomic E-state index is 0.0454. The number of fused-ring (bicyclic) bond motifs is 1. The summed E-state index contributed by atoms with van der Waals surface area (Å²) in [6, 6.07) is 11.2. The monoisotopic (exact) mass is 513 g/mol. The van der Waals surface area contributed by atoms with Crippen molar-refractivity contribution in [2.45, 2.75) is 116 Å². The summed E-state index contributed by atoms with van der Waals surface area (Å²) in [5.41, 5.74) is 0.356. The third-order valence-corrected chi connectivity index (χ3v) is 8.16. The fourth-order valence-corrected chi connectivity index (χ4v) is 5.70. The second-order valence-corrected chi connectivity index (χ2v) is 11.5. The van der Waals surface area contributed by atoms with Crippen molar-refractivity contribution in [1.82, 2.24) is 5.32 Å². The summed E-state index contributed by atoms with van der Waals surface area (Å²) in [7, 11) is 0. The maximum Gasteiger partial charge on any atom is 0.255 e. The summed E-state index contributed by atoms with van der Waals surface area (Å²) in [5.74, 6) is 2.14. The number of phenolic OH excluding ortho intramolecular Hbond substituents is 1. The van der Waals surface area contributed by atoms with Gasteiger partial charge < -0.3 is 10.4 Å². The van der Waals surface area contributed by atoms with Gasteiger partial charge in [-0.05, 0) is 47.3 Å². The van der Waals surface area contributed by atoms with E-state index in [9.17, 15) is 9.90 Å². The summed E-state index contributed by atoms with van der Waals surface area (Å²) in [6.45, 7) is 2.94. The smallest absolute Gasteiger partial charge is 0.255 e. The van der Waals surface area contributed by atoms with E-state index in [1.165, 1.54) is 108 Å². The van der Waals surface area contributed by atoms with Crippen LogP contribution in [0, 0.1) is 0 Å². The highest BCUT2D eigenvalue weighted by molar-refractivity contribution is 7.99. The van der Waals surface area contributed by atoms with Crippen LogP contribution in [0.1, 0.15) is 126 Å². The Bertz CT molecular complexity index is 838. The van der Waals surface area contributed by atoms with Gasteiger partial charge >= 0.3 is 0 Å². The van der Waals surface area contributed by atoms with Gasteiger partial charge in [-0.25, -0.2) is 0 Å². The first kappa shape index (κ1) is 30.5. The lowest BCUT2D eigenvalue weighted by Crippen LogP contribution is -2.24. The van der Waals surface area contributed by atoms with Crippen LogP contribution in [0.3, 0.4) is 0 Å². The van der Waals surface area contributed by atoms with Gasteiger partial charge in [0.25, 0.3) is 5.91 Å². The van der Waals surface area contributed by atoms with Crippen LogP contribution in [0.5, 0.6) is 5.75 Å². The van der Waals surface area contributed by atoms with E-state index in [0.29, 0.717) is 12.1 Å². The number of hydrogen-bond acceptors (Lipinski definition) is 3. The van der Waals surface area contributed by atoms with Crippen LogP contribution >= 0.6 is 11.8 Å². The van der Waals surface area contributed by atoms with E-state index in [1.807, 2.05) is 36.0 Å². The van der Waals surface area contributed by atoms with Crippen LogP contribution in [0.2, 0.25) is 0 Å². The van der Waals surface area contributed by atoms with E-state index in [2.05, 4.69) is 12.2 Å². The average Bonchev–Trinajstić information content (AvgIpc) is 2.89. The van der Waals surface area contributed by atoms with Crippen molar-refractivity contribution in [1.29, 1.82) is 0 Å². The van der Waals surface area contributed by atoms with E-state index >= 15 is 0 Å². The van der Waals surface area contributed by atoms with Crippen molar-refractivity contribution < 1.29 is 9.90 Å². The quantitative estimate of drug-likeness (QED) is 0.154. The van der Waals surface area contributed by atoms with E-state index < -0.39 is 0 Å². The minimum Gasteiger partial charge on any atom is -0.507 e. The van der Waals surface area contributed by atoms with Gasteiger partial charge in [-0.2, -0.15) is 11.8 Å². The van der Waals surface area contributed by atoms with E-state index in [1.54, 1.807) is 12.1 Å². The maximum absolute atomic E-state index is 12.4. The molecule has 0 saturated heterocycles. The molecule has 36 heavy (non-hydrogen) atoms. The molecule has 0 aliphatic carbocycles. The third kappa shape index (κ3) is 13.6. The van der Waals surface area contributed by atoms with Gasteiger partial charge in [0.1, 0.15) is 5.75 Å². The molecule has 4 heteroatoms. The Morgan fingerprint density at radius 2 is 1.17 bits per heavy atom. The molecule has 2 rings (SSSR count). The van der Waals surface area contributed by atoms with Crippen molar-refractivity contribution in [3.63, 3.8) is 0 Å². The second kappa shape index (κ2) is 20.4. The number of aromatic hydroxyl groups is 1. The second-order valence-electron chi connectivity index (χ2n) is 10.2. The molecule has 0 atom stereocenters. The van der Waals surface area contributed by atoms with Crippen molar-refractivity contribution in [2.75, 3.05) is 18.1 Å². The molecule has 0 saturated carbocycles. The minimum atomic E-state index is -0.193. The molecule has 2 aromatic rings. The number of thioether (sulfide) groups is 1. The molecule has 0 aliphatic rings. The standard InChI is InChI=1S/C32H51NO2S/c1-2-3-4-5-6-7-8-9-10-11-12-13-14-15-16-19-24-36-25-20-23-33-32(35)30-26-28-21-17-18-22-29(28)27-31(30)34/h17-18,21-22,26-27,34H,2-16,19-20,23-25H2,1H3,(H,33,35). The van der Waals surface area contributed by atoms with Gasteiger partial charge in [-0.1, -0.05) is 128 Å². The summed E-state index contributed by atoms with van der Waals surface area (Å²) < 4.78 is 0. The molecule has 0 aliphatic heterocycles. The zero-order valence-corrected chi connectivity index (χ0v) is 23.7. The summed E-state index contributed by atoms with van der Waals surface area (Å²) in [5, 5.41) is 15.0. The largest absolute Gasteiger partial charge is 0.507 e. The Labute approximate surface area is 225 Å². The van der Waals surface area contributed by atoms with Gasteiger partial charge in [0.05, 0.1) is 5.56 Å². The molecule has 2 N–H and O–H groups in total. The Morgan fingerprint density at radius 1 is 0.694 bits per heavy atom. The summed E-state index contributed by atoms with van der Waals surface area (Å²) in [6.07, 6.45) is 23.6. The Hall–Kier alpha value is -1.68. The first-order chi connectivity index (χ1) is 17.7. The van der Waals surface area contributed by atoms with Gasteiger partial charge in [-0.3, -0.25) is 4.79 Å². The first-order valence-corrected chi connectivity index (χ1v) is 16.0. The van der Waals surface area contributed by atoms with E-state index in [4.69, 9.17) is 0 Å². The number of amides is 1. The predicted molar refractivity (Wildman–Crippen MR) is 159 cm³/mol. The molecule has 3 nitrogen and oxygen atoms in total. The van der Waals surface area contributed by atoms with Crippen molar-refractivity contribution >= 4 is 28.4 Å². The summed E-state index contributed by atoms with van der Waals surface area (Å²) >= 11 is 1.99. The first-order valence-electron chi connectivity index (χ1n) is 14.8. The lowest BCUT2D eigenvalue weighted by molar-refractivity contribution is 0.0951. The van der Waals surface area contributed by atoms with Crippen LogP contribution in [0.4, 0.5) is 0 Å². The van der Waals surface area contributed by atoms with Gasteiger partial charge in [0.15, 0.2) is 0 Å². The number of carbonyl (C=O) groups excluding carboxylic acids is 1. The molecule has 0 unspecified atom stereocenters. The molecule has 0 heterocycles. The number of carbonyl (C=O) groups is 1. The number of phenols is 1. The maximum atomic E-state index is 12.4. The van der Waals surface area contributed by atoms with Gasteiger partial charge in [0, 0.05) is 6.54 Å².